The number of hydrogen-bond donors (Lipinski definition) is 0. The summed E-state index contributed by atoms with van der Waals surface area (Å²) in [6.07, 6.45) is 0. The van der Waals surface area contributed by atoms with Crippen molar-refractivity contribution in [2.75, 3.05) is 0 Å². The Bertz CT molecular complexity index is 25.1. The van der Waals surface area contributed by atoms with Gasteiger partial charge in [-0.05, 0) is 0 Å². The predicted octanol–water partition coefficient (Wildman–Crippen LogP) is 2.64. The van der Waals surface area contributed by atoms with E-state index in [2.05, 4.69) is 34.5 Å². The number of halogens is 4. The molecule has 0 unspecified atom stereocenters. The molecule has 0 radical (unpaired) electrons. The molecule has 0 saturated heterocycles. The van der Waals surface area contributed by atoms with Crippen LogP contribution < -0.4 is 0 Å². The molecule has 0 spiro atoms. The Kier molecular flexibility index (Phi) is 2.57. The fourth-order valence-electron chi connectivity index (χ4n) is 0. The van der Waals surface area contributed by atoms with Crippen molar-refractivity contribution in [3.05, 3.63) is 0 Å². The molecule has 0 amide bonds. The van der Waals surface area contributed by atoms with E-state index in [0.717, 1.165) is 0 Å². The monoisotopic (exact) mass is 227 g/mol. The molecule has 0 saturated carbocycles. The maximum absolute atomic E-state index is 11.2. The molecule has 39 valence electrons. The Hall–Kier alpha value is 1.50. The van der Waals surface area contributed by atoms with Crippen molar-refractivity contribution < 1.29 is 13.1 Å². The van der Waals surface area contributed by atoms with Crippen molar-refractivity contribution in [2.24, 2.45) is 0 Å². The molecule has 5 heavy (non-hydrogen) atoms. The van der Waals surface area contributed by atoms with Crippen LogP contribution in [0.2, 0.25) is 0 Å². The quantitative estimate of drug-likeness (QED) is 0.598. The van der Waals surface area contributed by atoms with Crippen LogP contribution in [0.25, 0.3) is 0 Å². The van der Waals surface area contributed by atoms with Gasteiger partial charge in [0, 0.05) is 0 Å². The van der Waals surface area contributed by atoms with E-state index in [0.29, 0.717) is 0 Å². The molecule has 0 fully saturated rings. The van der Waals surface area contributed by atoms with Crippen LogP contribution in [0.15, 0.2) is 0 Å². The average molecular weight is 229 g/mol. The standard InChI is InChI=1S/BrH.2ClH.Co.FH/h3*1H;;1H/q;;;+2;/p-4. The van der Waals surface area contributed by atoms with Crippen molar-refractivity contribution in [3.63, 3.8) is 0 Å². The van der Waals surface area contributed by atoms with Gasteiger partial charge in [0.05, 0.1) is 0 Å². The van der Waals surface area contributed by atoms with E-state index < -0.39 is 9.47 Å². The van der Waals surface area contributed by atoms with Gasteiger partial charge in [-0.2, -0.15) is 0 Å². The molecule has 0 aliphatic carbocycles. The van der Waals surface area contributed by atoms with E-state index in [1.54, 1.807) is 0 Å². The van der Waals surface area contributed by atoms with Crippen LogP contribution in [0.5, 0.6) is 0 Å². The van der Waals surface area contributed by atoms with E-state index in [-0.39, 0.29) is 0 Å². The molecule has 5 heteroatoms. The Balaban J connectivity index is 3.02. The predicted molar refractivity (Wildman–Crippen MR) is 21.7 cm³/mol. The molecule has 0 aliphatic rings. The summed E-state index contributed by atoms with van der Waals surface area (Å²) >= 11 is 2.35. The second-order valence-corrected chi connectivity index (χ2v) is 10.1. The molecular weight excluding hydrogens is 229 g/mol. The third-order valence-corrected chi connectivity index (χ3v) is 0. The molecule has 0 atom stereocenters. The molecule has 0 bridgehead atoms. The molecule has 0 rings (SSSR count). The zero-order valence-electron chi connectivity index (χ0n) is 1.85. The molecule has 0 aromatic carbocycles. The van der Waals surface area contributed by atoms with Gasteiger partial charge in [0.25, 0.3) is 0 Å². The summed E-state index contributed by atoms with van der Waals surface area (Å²) < 4.78 is 11.2. The summed E-state index contributed by atoms with van der Waals surface area (Å²) in [4.78, 5) is 0. The zero-order chi connectivity index (χ0) is 4.50. The van der Waals surface area contributed by atoms with Gasteiger partial charge < -0.3 is 0 Å². The van der Waals surface area contributed by atoms with Gasteiger partial charge in [0.1, 0.15) is 0 Å². The Morgan fingerprint density at radius 2 is 1.60 bits per heavy atom. The zero-order valence-corrected chi connectivity index (χ0v) is 5.98. The van der Waals surface area contributed by atoms with Gasteiger partial charge in [-0.15, -0.1) is 0 Å². The van der Waals surface area contributed by atoms with Crippen LogP contribution in [0, 0.1) is 0 Å². The maximum atomic E-state index is 11.2. The van der Waals surface area contributed by atoms with Gasteiger partial charge in [-0.1, -0.05) is 0 Å². The van der Waals surface area contributed by atoms with E-state index in [4.69, 9.17) is 0 Å². The third kappa shape index (κ3) is 30.0. The first-order chi connectivity index (χ1) is 2.00. The summed E-state index contributed by atoms with van der Waals surface area (Å²) in [6, 6.07) is 0. The molecule has 0 N–H and O–H groups in total. The third-order valence-electron chi connectivity index (χ3n) is 0. The Morgan fingerprint density at radius 1 is 1.60 bits per heavy atom. The van der Waals surface area contributed by atoms with Crippen LogP contribution in [0.1, 0.15) is 0 Å². The van der Waals surface area contributed by atoms with E-state index >= 15 is 0 Å². The number of hydrogen-bond acceptors (Lipinski definition) is 0. The fourth-order valence-corrected chi connectivity index (χ4v) is 0. The van der Waals surface area contributed by atoms with Crippen LogP contribution in [0.4, 0.5) is 3.58 Å². The fraction of sp³-hybridized carbons (Fsp3) is 0. The van der Waals surface area contributed by atoms with E-state index in [9.17, 15) is 3.58 Å². The molecule has 0 aromatic rings. The van der Waals surface area contributed by atoms with E-state index in [1.807, 2.05) is 0 Å². The van der Waals surface area contributed by atoms with E-state index in [1.165, 1.54) is 0 Å². The Morgan fingerprint density at radius 3 is 1.60 bits per heavy atom. The second kappa shape index (κ2) is 1.98. The number of rotatable bonds is 0. The van der Waals surface area contributed by atoms with Crippen molar-refractivity contribution in [3.8, 4) is 0 Å². The van der Waals surface area contributed by atoms with Crippen LogP contribution in [-0.2, 0) is 9.47 Å². The van der Waals surface area contributed by atoms with Crippen molar-refractivity contribution in [2.45, 2.75) is 0 Å². The molecular formula is BrCl2CoF-2. The normalized spacial score (nSPS) is 15.2. The summed E-state index contributed by atoms with van der Waals surface area (Å²) in [5, 5.41) is 0. The minimum atomic E-state index is -3.12. The summed E-state index contributed by atoms with van der Waals surface area (Å²) in [6.45, 7) is 0. The summed E-state index contributed by atoms with van der Waals surface area (Å²) in [7, 11) is 6.19. The average Bonchev–Trinajstić information content (AvgIpc) is 0.722. The first-order valence-corrected chi connectivity index (χ1v) is 6.34. The van der Waals surface area contributed by atoms with Gasteiger partial charge in [0.2, 0.25) is 0 Å². The van der Waals surface area contributed by atoms with Crippen molar-refractivity contribution >= 4 is 34.5 Å². The van der Waals surface area contributed by atoms with Crippen molar-refractivity contribution in [1.82, 2.24) is 0 Å². The molecule has 0 heterocycles. The van der Waals surface area contributed by atoms with Crippen LogP contribution in [0.3, 0.4) is 0 Å². The van der Waals surface area contributed by atoms with Crippen LogP contribution in [-0.4, -0.2) is 0 Å². The molecule has 0 nitrogen and oxygen atoms in total. The molecule has 0 aromatic heterocycles. The first kappa shape index (κ1) is 6.50. The summed E-state index contributed by atoms with van der Waals surface area (Å²) in [5.41, 5.74) is 0. The molecule has 0 aliphatic heterocycles. The van der Waals surface area contributed by atoms with Gasteiger partial charge >= 0.3 is 47.5 Å². The summed E-state index contributed by atoms with van der Waals surface area (Å²) in [5.74, 6) is 0. The van der Waals surface area contributed by atoms with Crippen molar-refractivity contribution in [1.29, 1.82) is 0 Å². The topological polar surface area (TPSA) is 0 Å². The minimum absolute atomic E-state index is 2.35. The first-order valence-electron chi connectivity index (χ1n) is 0.504. The van der Waals surface area contributed by atoms with Crippen LogP contribution >= 0.6 is 34.5 Å². The van der Waals surface area contributed by atoms with Gasteiger partial charge in [-0.3, -0.25) is 0 Å². The second-order valence-electron chi connectivity index (χ2n) is 0.286. The van der Waals surface area contributed by atoms with Gasteiger partial charge in [0.15, 0.2) is 0 Å². The van der Waals surface area contributed by atoms with Gasteiger partial charge in [-0.25, -0.2) is 0 Å². The SMILES string of the molecule is [F][Co-2]([Cl])([Cl])[Br]. The Labute approximate surface area is 47.5 Å².